The Morgan fingerprint density at radius 3 is 2.70 bits per heavy atom. The van der Waals surface area contributed by atoms with Crippen LogP contribution in [0.15, 0.2) is 0 Å². The van der Waals surface area contributed by atoms with E-state index in [1.807, 2.05) is 0 Å². The van der Waals surface area contributed by atoms with Crippen LogP contribution in [-0.4, -0.2) is 49.1 Å². The van der Waals surface area contributed by atoms with Crippen molar-refractivity contribution in [3.63, 3.8) is 0 Å². The molecule has 20 heavy (non-hydrogen) atoms. The molecule has 2 atom stereocenters. The normalized spacial score (nSPS) is 29.3. The Balaban J connectivity index is 1.68. The maximum atomic E-state index is 12.3. The highest BCUT2D eigenvalue weighted by Crippen LogP contribution is 2.18. The lowest BCUT2D eigenvalue weighted by atomic mass is 9.92. The predicted octanol–water partition coefficient (Wildman–Crippen LogP) is 1.76. The molecule has 4 heteroatoms. The van der Waals surface area contributed by atoms with Crippen molar-refractivity contribution in [1.82, 2.24) is 15.5 Å². The third kappa shape index (κ3) is 4.74. The summed E-state index contributed by atoms with van der Waals surface area (Å²) in [5, 5.41) is 6.70. The minimum atomic E-state index is 0.226. The molecule has 2 rings (SSSR count). The first-order chi connectivity index (χ1) is 9.69. The van der Waals surface area contributed by atoms with Gasteiger partial charge >= 0.3 is 0 Å². The molecule has 2 fully saturated rings. The lowest BCUT2D eigenvalue weighted by Gasteiger charge is -2.34. The average molecular weight is 281 g/mol. The molecule has 1 amide bonds. The number of carbonyl (C=O) groups excluding carboxylic acids is 1. The summed E-state index contributed by atoms with van der Waals surface area (Å²) in [6.45, 7) is 8.91. The van der Waals surface area contributed by atoms with E-state index in [4.69, 9.17) is 0 Å². The van der Waals surface area contributed by atoms with Crippen LogP contribution in [0.3, 0.4) is 0 Å². The van der Waals surface area contributed by atoms with E-state index in [-0.39, 0.29) is 5.92 Å². The molecule has 2 unspecified atom stereocenters. The first-order valence-corrected chi connectivity index (χ1v) is 8.45. The van der Waals surface area contributed by atoms with E-state index >= 15 is 0 Å². The zero-order valence-corrected chi connectivity index (χ0v) is 13.2. The van der Waals surface area contributed by atoms with Gasteiger partial charge in [-0.15, -0.1) is 0 Å². The summed E-state index contributed by atoms with van der Waals surface area (Å²) >= 11 is 0. The topological polar surface area (TPSA) is 44.4 Å². The van der Waals surface area contributed by atoms with Crippen LogP contribution in [0, 0.1) is 5.92 Å². The van der Waals surface area contributed by atoms with Crippen LogP contribution in [0.1, 0.15) is 52.4 Å². The molecule has 0 aliphatic carbocycles. The van der Waals surface area contributed by atoms with Gasteiger partial charge in [0.15, 0.2) is 0 Å². The molecule has 116 valence electrons. The summed E-state index contributed by atoms with van der Waals surface area (Å²) in [5.74, 6) is 0.523. The van der Waals surface area contributed by atoms with Crippen molar-refractivity contribution < 1.29 is 4.79 Å². The molecule has 0 bridgehead atoms. The molecule has 0 saturated carbocycles. The highest BCUT2D eigenvalue weighted by Gasteiger charge is 2.27. The number of amides is 1. The monoisotopic (exact) mass is 281 g/mol. The van der Waals surface area contributed by atoms with Gasteiger partial charge < -0.3 is 15.5 Å². The molecule has 2 aliphatic rings. The third-order valence-electron chi connectivity index (χ3n) is 4.76. The van der Waals surface area contributed by atoms with Gasteiger partial charge in [0.25, 0.3) is 0 Å². The van der Waals surface area contributed by atoms with E-state index < -0.39 is 0 Å². The molecular weight excluding hydrogens is 250 g/mol. The maximum absolute atomic E-state index is 12.3. The molecule has 4 nitrogen and oxygen atoms in total. The summed E-state index contributed by atoms with van der Waals surface area (Å²) in [6, 6.07) is 0.890. The van der Waals surface area contributed by atoms with Crippen LogP contribution in [0.4, 0.5) is 0 Å². The number of piperidine rings is 2. The molecule has 2 heterocycles. The number of hydrogen-bond acceptors (Lipinski definition) is 3. The van der Waals surface area contributed by atoms with Crippen molar-refractivity contribution >= 4 is 5.91 Å². The van der Waals surface area contributed by atoms with Gasteiger partial charge in [-0.25, -0.2) is 0 Å². The minimum absolute atomic E-state index is 0.226. The van der Waals surface area contributed by atoms with Gasteiger partial charge in [-0.05, 0) is 52.1 Å². The first kappa shape index (κ1) is 15.8. The van der Waals surface area contributed by atoms with Gasteiger partial charge in [0.05, 0.1) is 0 Å². The Morgan fingerprint density at radius 2 is 2.05 bits per heavy atom. The Kier molecular flexibility index (Phi) is 6.30. The molecule has 0 aromatic carbocycles. The minimum Gasteiger partial charge on any atom is -0.353 e. The van der Waals surface area contributed by atoms with Gasteiger partial charge in [-0.1, -0.05) is 13.3 Å². The fraction of sp³-hybridized carbons (Fsp3) is 0.938. The number of nitrogens with zero attached hydrogens (tertiary/aromatic N) is 1. The number of carbonyl (C=O) groups is 1. The summed E-state index contributed by atoms with van der Waals surface area (Å²) < 4.78 is 0. The first-order valence-electron chi connectivity index (χ1n) is 8.45. The van der Waals surface area contributed by atoms with E-state index in [9.17, 15) is 4.79 Å². The van der Waals surface area contributed by atoms with E-state index in [2.05, 4.69) is 29.4 Å². The summed E-state index contributed by atoms with van der Waals surface area (Å²) in [7, 11) is 0. The smallest absolute Gasteiger partial charge is 0.223 e. The van der Waals surface area contributed by atoms with E-state index in [0.717, 1.165) is 45.3 Å². The Labute approximate surface area is 123 Å². The van der Waals surface area contributed by atoms with Crippen LogP contribution in [0.25, 0.3) is 0 Å². The SMILES string of the molecule is CCCCN1CCC(NC(=O)C2CCNC(C)C2)CC1. The van der Waals surface area contributed by atoms with Gasteiger partial charge in [0.2, 0.25) is 5.91 Å². The van der Waals surface area contributed by atoms with E-state index in [1.165, 1.54) is 19.4 Å². The van der Waals surface area contributed by atoms with Crippen LogP contribution in [-0.2, 0) is 4.79 Å². The van der Waals surface area contributed by atoms with E-state index in [0.29, 0.717) is 18.0 Å². The third-order valence-corrected chi connectivity index (χ3v) is 4.76. The van der Waals surface area contributed by atoms with Crippen molar-refractivity contribution in [2.24, 2.45) is 5.92 Å². The molecular formula is C16H31N3O. The van der Waals surface area contributed by atoms with E-state index in [1.54, 1.807) is 0 Å². The Morgan fingerprint density at radius 1 is 1.30 bits per heavy atom. The fourth-order valence-electron chi connectivity index (χ4n) is 3.37. The summed E-state index contributed by atoms with van der Waals surface area (Å²) in [5.41, 5.74) is 0. The number of rotatable bonds is 5. The van der Waals surface area contributed by atoms with Gasteiger partial charge in [-0.3, -0.25) is 4.79 Å². The van der Waals surface area contributed by atoms with Crippen molar-refractivity contribution in [3.8, 4) is 0 Å². The quantitative estimate of drug-likeness (QED) is 0.807. The maximum Gasteiger partial charge on any atom is 0.223 e. The summed E-state index contributed by atoms with van der Waals surface area (Å²) in [6.07, 6.45) is 6.78. The van der Waals surface area contributed by atoms with Crippen LogP contribution in [0.5, 0.6) is 0 Å². The van der Waals surface area contributed by atoms with Crippen molar-refractivity contribution in [2.45, 2.75) is 64.5 Å². The zero-order valence-electron chi connectivity index (χ0n) is 13.2. The van der Waals surface area contributed by atoms with Crippen LogP contribution < -0.4 is 10.6 Å². The molecule has 0 aromatic heterocycles. The number of nitrogens with one attached hydrogen (secondary N) is 2. The number of likely N-dealkylation sites (tertiary alicyclic amines) is 1. The van der Waals surface area contributed by atoms with Crippen molar-refractivity contribution in [2.75, 3.05) is 26.2 Å². The second-order valence-electron chi connectivity index (χ2n) is 6.55. The van der Waals surface area contributed by atoms with Gasteiger partial charge in [-0.2, -0.15) is 0 Å². The lowest BCUT2D eigenvalue weighted by Crippen LogP contribution is -2.48. The molecule has 0 radical (unpaired) electrons. The average Bonchev–Trinajstić information content (AvgIpc) is 2.46. The number of hydrogen-bond donors (Lipinski definition) is 2. The lowest BCUT2D eigenvalue weighted by molar-refractivity contribution is -0.127. The summed E-state index contributed by atoms with van der Waals surface area (Å²) in [4.78, 5) is 14.9. The molecule has 0 spiro atoms. The Hall–Kier alpha value is -0.610. The molecule has 2 saturated heterocycles. The highest BCUT2D eigenvalue weighted by molar-refractivity contribution is 5.79. The van der Waals surface area contributed by atoms with Crippen LogP contribution in [0.2, 0.25) is 0 Å². The Bertz CT molecular complexity index is 300. The second-order valence-corrected chi connectivity index (χ2v) is 6.55. The fourth-order valence-corrected chi connectivity index (χ4v) is 3.37. The van der Waals surface area contributed by atoms with Crippen molar-refractivity contribution in [1.29, 1.82) is 0 Å². The van der Waals surface area contributed by atoms with Crippen molar-refractivity contribution in [3.05, 3.63) is 0 Å². The van der Waals surface area contributed by atoms with Gasteiger partial charge in [0.1, 0.15) is 0 Å². The second kappa shape index (κ2) is 7.99. The molecule has 0 aromatic rings. The molecule has 2 N–H and O–H groups in total. The number of unbranched alkanes of at least 4 members (excludes halogenated alkanes) is 1. The highest BCUT2D eigenvalue weighted by atomic mass is 16.1. The zero-order chi connectivity index (χ0) is 14.4. The van der Waals surface area contributed by atoms with Gasteiger partial charge in [0, 0.05) is 31.1 Å². The van der Waals surface area contributed by atoms with Crippen LogP contribution >= 0.6 is 0 Å². The largest absolute Gasteiger partial charge is 0.353 e. The molecule has 2 aliphatic heterocycles. The predicted molar refractivity (Wildman–Crippen MR) is 82.7 cm³/mol. The standard InChI is InChI=1S/C16H31N3O/c1-3-4-9-19-10-6-15(7-11-19)18-16(20)14-5-8-17-13(2)12-14/h13-15,17H,3-12H2,1-2H3,(H,18,20).